The second-order valence-electron chi connectivity index (χ2n) is 6.64. The van der Waals surface area contributed by atoms with E-state index in [0.717, 1.165) is 23.3 Å². The summed E-state index contributed by atoms with van der Waals surface area (Å²) in [5, 5.41) is 3.01. The third-order valence-corrected chi connectivity index (χ3v) is 6.43. The van der Waals surface area contributed by atoms with E-state index in [4.69, 9.17) is 0 Å². The molecule has 2 aliphatic heterocycles. The highest BCUT2D eigenvalue weighted by Gasteiger charge is 2.53. The van der Waals surface area contributed by atoms with Crippen LogP contribution in [0.4, 0.5) is 0 Å². The number of carbonyl (C=O) groups is 2. The number of aromatic amines is 1. The minimum Gasteiger partial charge on any atom is -0.345 e. The van der Waals surface area contributed by atoms with Gasteiger partial charge in [-0.25, -0.2) is 4.98 Å². The first kappa shape index (κ1) is 15.5. The van der Waals surface area contributed by atoms with Crippen molar-refractivity contribution in [3.05, 3.63) is 30.1 Å². The van der Waals surface area contributed by atoms with Crippen LogP contribution < -0.4 is 5.32 Å². The molecular formula is C17H20N4O2S. The van der Waals surface area contributed by atoms with Gasteiger partial charge in [0.25, 0.3) is 0 Å². The minimum atomic E-state index is -0.387. The lowest BCUT2D eigenvalue weighted by molar-refractivity contribution is -0.138. The molecule has 7 heteroatoms. The third-order valence-electron chi connectivity index (χ3n) is 4.92. The highest BCUT2D eigenvalue weighted by molar-refractivity contribution is 8.01. The smallest absolute Gasteiger partial charge is 0.244 e. The summed E-state index contributed by atoms with van der Waals surface area (Å²) in [6.07, 6.45) is 1.35. The van der Waals surface area contributed by atoms with Gasteiger partial charge in [-0.2, -0.15) is 0 Å². The van der Waals surface area contributed by atoms with E-state index in [2.05, 4.69) is 22.2 Å². The fourth-order valence-electron chi connectivity index (χ4n) is 3.57. The number of hydrogen-bond donors (Lipinski definition) is 2. The molecule has 4 rings (SSSR count). The summed E-state index contributed by atoms with van der Waals surface area (Å²) in [5.41, 5.74) is 1.83. The molecule has 0 radical (unpaired) electrons. The quantitative estimate of drug-likeness (QED) is 0.895. The van der Waals surface area contributed by atoms with E-state index in [9.17, 15) is 9.59 Å². The number of imidazole rings is 1. The molecule has 0 bridgehead atoms. The van der Waals surface area contributed by atoms with E-state index >= 15 is 0 Å². The second kappa shape index (κ2) is 5.51. The average molecular weight is 344 g/mol. The van der Waals surface area contributed by atoms with Crippen LogP contribution in [0.2, 0.25) is 0 Å². The van der Waals surface area contributed by atoms with Gasteiger partial charge in [0.05, 0.1) is 21.9 Å². The number of H-pyrrole nitrogens is 1. The first-order valence-electron chi connectivity index (χ1n) is 8.19. The fraction of sp³-hybridized carbons (Fsp3) is 0.471. The van der Waals surface area contributed by atoms with E-state index in [1.807, 2.05) is 31.2 Å². The molecule has 2 amide bonds. The lowest BCUT2D eigenvalue weighted by Crippen LogP contribution is -2.50. The number of carbonyl (C=O) groups excluding carboxylic acids is 2. The summed E-state index contributed by atoms with van der Waals surface area (Å²) < 4.78 is 0. The predicted molar refractivity (Wildman–Crippen MR) is 93.4 cm³/mol. The van der Waals surface area contributed by atoms with E-state index in [0.29, 0.717) is 12.2 Å². The number of thioether (sulfide) groups is 1. The van der Waals surface area contributed by atoms with E-state index in [1.165, 1.54) is 0 Å². The van der Waals surface area contributed by atoms with Crippen molar-refractivity contribution in [2.45, 2.75) is 43.6 Å². The van der Waals surface area contributed by atoms with Crippen LogP contribution in [0.25, 0.3) is 11.0 Å². The molecule has 0 saturated carbocycles. The lowest BCUT2D eigenvalue weighted by atomic mass is 10.2. The fourth-order valence-corrected chi connectivity index (χ4v) is 5.00. The summed E-state index contributed by atoms with van der Waals surface area (Å²) in [5.74, 6) is 1.36. The maximum absolute atomic E-state index is 12.7. The standard InChI is InChI=1S/C17H20N4O2S/c1-10(15-19-11-5-3-4-6-12(11)20-15)18-16(23)13-9-24-17(2)8-7-14(22)21(13)17/h3-6,10,13H,7-9H2,1-2H3,(H,18,23)(H,19,20). The lowest BCUT2D eigenvalue weighted by Gasteiger charge is -2.30. The molecule has 3 atom stereocenters. The van der Waals surface area contributed by atoms with Crippen LogP contribution in [0.3, 0.4) is 0 Å². The number of fused-ring (bicyclic) bond motifs is 2. The zero-order valence-corrected chi connectivity index (χ0v) is 14.5. The largest absolute Gasteiger partial charge is 0.345 e. The van der Waals surface area contributed by atoms with Crippen molar-refractivity contribution in [3.63, 3.8) is 0 Å². The maximum Gasteiger partial charge on any atom is 0.244 e. The number of nitrogens with zero attached hydrogens (tertiary/aromatic N) is 2. The third kappa shape index (κ3) is 2.38. The Morgan fingerprint density at radius 3 is 3.08 bits per heavy atom. The minimum absolute atomic E-state index is 0.0824. The molecule has 0 spiro atoms. The molecule has 2 saturated heterocycles. The molecule has 2 fully saturated rings. The van der Waals surface area contributed by atoms with Gasteiger partial charge in [-0.05, 0) is 32.4 Å². The van der Waals surface area contributed by atoms with Gasteiger partial charge >= 0.3 is 0 Å². The van der Waals surface area contributed by atoms with Crippen molar-refractivity contribution in [1.29, 1.82) is 0 Å². The summed E-state index contributed by atoms with van der Waals surface area (Å²) in [7, 11) is 0. The Morgan fingerprint density at radius 2 is 2.29 bits per heavy atom. The topological polar surface area (TPSA) is 78.1 Å². The molecule has 126 valence electrons. The number of aromatic nitrogens is 2. The van der Waals surface area contributed by atoms with Gasteiger partial charge in [0.15, 0.2) is 0 Å². The number of amides is 2. The molecule has 2 N–H and O–H groups in total. The Kier molecular flexibility index (Phi) is 3.56. The molecule has 1 aromatic heterocycles. The number of benzene rings is 1. The Balaban J connectivity index is 1.50. The van der Waals surface area contributed by atoms with Crippen LogP contribution in [-0.2, 0) is 9.59 Å². The van der Waals surface area contributed by atoms with Crippen molar-refractivity contribution in [2.24, 2.45) is 0 Å². The number of para-hydroxylation sites is 2. The zero-order chi connectivity index (χ0) is 16.9. The molecule has 3 heterocycles. The monoisotopic (exact) mass is 344 g/mol. The first-order valence-corrected chi connectivity index (χ1v) is 9.18. The zero-order valence-electron chi connectivity index (χ0n) is 13.7. The highest BCUT2D eigenvalue weighted by Crippen LogP contribution is 2.47. The normalized spacial score (nSPS) is 27.5. The summed E-state index contributed by atoms with van der Waals surface area (Å²) in [6.45, 7) is 3.96. The molecular weight excluding hydrogens is 324 g/mol. The van der Waals surface area contributed by atoms with E-state index in [-0.39, 0.29) is 28.8 Å². The van der Waals surface area contributed by atoms with E-state index < -0.39 is 0 Å². The van der Waals surface area contributed by atoms with Crippen LogP contribution in [0.15, 0.2) is 24.3 Å². The highest BCUT2D eigenvalue weighted by atomic mass is 32.2. The number of hydrogen-bond acceptors (Lipinski definition) is 4. The molecule has 2 aromatic rings. The molecule has 1 aromatic carbocycles. The van der Waals surface area contributed by atoms with Crippen LogP contribution in [-0.4, -0.2) is 43.3 Å². The van der Waals surface area contributed by atoms with E-state index in [1.54, 1.807) is 16.7 Å². The Hall–Kier alpha value is -2.02. The van der Waals surface area contributed by atoms with Crippen molar-refractivity contribution in [2.75, 3.05) is 5.75 Å². The van der Waals surface area contributed by atoms with Crippen molar-refractivity contribution < 1.29 is 9.59 Å². The van der Waals surface area contributed by atoms with Gasteiger partial charge in [-0.15, -0.1) is 11.8 Å². The van der Waals surface area contributed by atoms with Gasteiger partial charge in [-0.1, -0.05) is 12.1 Å². The van der Waals surface area contributed by atoms with Crippen molar-refractivity contribution in [1.82, 2.24) is 20.2 Å². The Labute approximate surface area is 144 Å². The first-order chi connectivity index (χ1) is 11.5. The summed E-state index contributed by atoms with van der Waals surface area (Å²) in [4.78, 5) is 34.2. The van der Waals surface area contributed by atoms with Crippen LogP contribution >= 0.6 is 11.8 Å². The maximum atomic E-state index is 12.7. The molecule has 3 unspecified atom stereocenters. The van der Waals surface area contributed by atoms with Gasteiger partial charge in [0.1, 0.15) is 11.9 Å². The van der Waals surface area contributed by atoms with Gasteiger partial charge < -0.3 is 15.2 Å². The number of nitrogens with one attached hydrogen (secondary N) is 2. The molecule has 24 heavy (non-hydrogen) atoms. The summed E-state index contributed by atoms with van der Waals surface area (Å²) >= 11 is 1.70. The van der Waals surface area contributed by atoms with Crippen LogP contribution in [0, 0.1) is 0 Å². The predicted octanol–water partition coefficient (Wildman–Crippen LogP) is 2.19. The summed E-state index contributed by atoms with van der Waals surface area (Å²) in [6, 6.07) is 7.16. The molecule has 2 aliphatic rings. The van der Waals surface area contributed by atoms with Crippen molar-refractivity contribution in [3.8, 4) is 0 Å². The van der Waals surface area contributed by atoms with Crippen molar-refractivity contribution >= 4 is 34.6 Å². The van der Waals surface area contributed by atoms with Crippen LogP contribution in [0.1, 0.15) is 38.6 Å². The van der Waals surface area contributed by atoms with Gasteiger partial charge in [0.2, 0.25) is 11.8 Å². The number of rotatable bonds is 3. The molecule has 6 nitrogen and oxygen atoms in total. The van der Waals surface area contributed by atoms with Gasteiger partial charge in [0, 0.05) is 12.2 Å². The second-order valence-corrected chi connectivity index (χ2v) is 8.14. The van der Waals surface area contributed by atoms with Gasteiger partial charge in [-0.3, -0.25) is 9.59 Å². The van der Waals surface area contributed by atoms with Crippen LogP contribution in [0.5, 0.6) is 0 Å². The Bertz CT molecular complexity index is 787. The SMILES string of the molecule is CC(NC(=O)C1CSC2(C)CCC(=O)N12)c1nc2ccccc2[nH]1. The molecule has 0 aliphatic carbocycles. The Morgan fingerprint density at radius 1 is 1.50 bits per heavy atom. The average Bonchev–Trinajstić information content (AvgIpc) is 3.21.